The maximum absolute atomic E-state index is 13.4. The van der Waals surface area contributed by atoms with Crippen LogP contribution >= 0.6 is 0 Å². The van der Waals surface area contributed by atoms with E-state index in [0.29, 0.717) is 24.7 Å². The summed E-state index contributed by atoms with van der Waals surface area (Å²) in [5, 5.41) is 2.79. The lowest BCUT2D eigenvalue weighted by Crippen LogP contribution is -2.40. The Bertz CT molecular complexity index is 1130. The van der Waals surface area contributed by atoms with Gasteiger partial charge in [-0.15, -0.1) is 0 Å². The average molecular weight is 469 g/mol. The lowest BCUT2D eigenvalue weighted by Gasteiger charge is -2.24. The van der Waals surface area contributed by atoms with E-state index >= 15 is 0 Å². The summed E-state index contributed by atoms with van der Waals surface area (Å²) in [5.74, 6) is 0.919. The number of amides is 1. The zero-order valence-electron chi connectivity index (χ0n) is 18.7. The van der Waals surface area contributed by atoms with Crippen LogP contribution in [0, 0.1) is 0 Å². The molecule has 0 spiro atoms. The van der Waals surface area contributed by atoms with Crippen LogP contribution in [-0.4, -0.2) is 34.1 Å². The lowest BCUT2D eigenvalue weighted by atomic mass is 10.2. The van der Waals surface area contributed by atoms with Crippen LogP contribution in [0.4, 0.5) is 5.69 Å². The van der Waals surface area contributed by atoms with Gasteiger partial charge in [-0.05, 0) is 67.9 Å². The first-order valence-corrected chi connectivity index (χ1v) is 12.2. The van der Waals surface area contributed by atoms with Crippen molar-refractivity contribution in [2.45, 2.75) is 25.3 Å². The Balaban J connectivity index is 1.76. The molecule has 0 atom stereocenters. The van der Waals surface area contributed by atoms with Crippen molar-refractivity contribution in [3.8, 4) is 11.5 Å². The SMILES string of the molecule is CCOc1ccc(CNC(=O)CN(c2ccccc2)S(=O)(=O)c2ccc(OCC)cc2)cc1. The van der Waals surface area contributed by atoms with E-state index in [1.807, 2.05) is 38.1 Å². The zero-order valence-corrected chi connectivity index (χ0v) is 19.5. The number of sulfonamides is 1. The van der Waals surface area contributed by atoms with Gasteiger partial charge in [-0.2, -0.15) is 0 Å². The number of ether oxygens (including phenoxy) is 2. The second kappa shape index (κ2) is 11.4. The molecule has 7 nitrogen and oxygen atoms in total. The first-order valence-electron chi connectivity index (χ1n) is 10.7. The van der Waals surface area contributed by atoms with Crippen LogP contribution in [0.1, 0.15) is 19.4 Å². The number of nitrogens with zero attached hydrogens (tertiary/aromatic N) is 1. The first kappa shape index (κ1) is 24.1. The number of hydrogen-bond donors (Lipinski definition) is 1. The second-order valence-electron chi connectivity index (χ2n) is 7.11. The van der Waals surface area contributed by atoms with Crippen molar-refractivity contribution < 1.29 is 22.7 Å². The Labute approximate surface area is 195 Å². The molecule has 174 valence electrons. The molecule has 0 aliphatic carbocycles. The van der Waals surface area contributed by atoms with Crippen LogP contribution in [0.15, 0.2) is 83.8 Å². The molecule has 1 amide bonds. The van der Waals surface area contributed by atoms with Crippen molar-refractivity contribution >= 4 is 21.6 Å². The monoisotopic (exact) mass is 468 g/mol. The number of hydrogen-bond acceptors (Lipinski definition) is 5. The normalized spacial score (nSPS) is 11.0. The third kappa shape index (κ3) is 6.49. The van der Waals surface area contributed by atoms with E-state index in [1.54, 1.807) is 42.5 Å². The van der Waals surface area contributed by atoms with E-state index in [9.17, 15) is 13.2 Å². The molecule has 0 fully saturated rings. The molecule has 0 bridgehead atoms. The maximum Gasteiger partial charge on any atom is 0.264 e. The first-order chi connectivity index (χ1) is 15.9. The smallest absolute Gasteiger partial charge is 0.264 e. The summed E-state index contributed by atoms with van der Waals surface area (Å²) in [5.41, 5.74) is 1.29. The molecule has 0 aliphatic heterocycles. The van der Waals surface area contributed by atoms with Crippen LogP contribution in [-0.2, 0) is 21.4 Å². The van der Waals surface area contributed by atoms with E-state index in [-0.39, 0.29) is 18.0 Å². The third-order valence-corrected chi connectivity index (χ3v) is 6.57. The number of benzene rings is 3. The Hall–Kier alpha value is -3.52. The standard InChI is InChI=1S/C25H28N2O5S/c1-3-31-22-12-10-20(11-13-22)18-26-25(28)19-27(21-8-6-5-7-9-21)33(29,30)24-16-14-23(15-17-24)32-4-2/h5-17H,3-4,18-19H2,1-2H3,(H,26,28). The fraction of sp³-hybridized carbons (Fsp3) is 0.240. The van der Waals surface area contributed by atoms with Gasteiger partial charge in [0.15, 0.2) is 0 Å². The van der Waals surface area contributed by atoms with Gasteiger partial charge in [-0.1, -0.05) is 30.3 Å². The van der Waals surface area contributed by atoms with Crippen molar-refractivity contribution in [2.75, 3.05) is 24.1 Å². The molecule has 3 aromatic carbocycles. The van der Waals surface area contributed by atoms with Crippen molar-refractivity contribution in [3.05, 3.63) is 84.4 Å². The molecule has 3 aromatic rings. The quantitative estimate of drug-likeness (QED) is 0.460. The molecule has 33 heavy (non-hydrogen) atoms. The van der Waals surface area contributed by atoms with Crippen LogP contribution in [0.25, 0.3) is 0 Å². The van der Waals surface area contributed by atoms with Crippen molar-refractivity contribution in [3.63, 3.8) is 0 Å². The van der Waals surface area contributed by atoms with Crippen LogP contribution in [0.2, 0.25) is 0 Å². The summed E-state index contributed by atoms with van der Waals surface area (Å²) in [6, 6.07) is 22.1. The minimum atomic E-state index is -3.98. The van der Waals surface area contributed by atoms with Gasteiger partial charge in [-0.25, -0.2) is 8.42 Å². The second-order valence-corrected chi connectivity index (χ2v) is 8.97. The Morgan fingerprint density at radius 2 is 1.36 bits per heavy atom. The summed E-state index contributed by atoms with van der Waals surface area (Å²) in [6.45, 7) is 4.75. The molecule has 0 saturated carbocycles. The predicted molar refractivity (Wildman–Crippen MR) is 128 cm³/mol. The fourth-order valence-electron chi connectivity index (χ4n) is 3.17. The Morgan fingerprint density at radius 1 is 0.818 bits per heavy atom. The minimum Gasteiger partial charge on any atom is -0.494 e. The largest absolute Gasteiger partial charge is 0.494 e. The maximum atomic E-state index is 13.4. The number of para-hydroxylation sites is 1. The Morgan fingerprint density at radius 3 is 1.91 bits per heavy atom. The van der Waals surface area contributed by atoms with E-state index in [0.717, 1.165) is 15.6 Å². The molecule has 0 radical (unpaired) electrons. The van der Waals surface area contributed by atoms with Gasteiger partial charge < -0.3 is 14.8 Å². The third-order valence-electron chi connectivity index (χ3n) is 4.78. The molecular weight excluding hydrogens is 440 g/mol. The molecule has 0 saturated heterocycles. The van der Waals surface area contributed by atoms with Gasteiger partial charge in [-0.3, -0.25) is 9.10 Å². The van der Waals surface area contributed by atoms with Crippen LogP contribution in [0.5, 0.6) is 11.5 Å². The minimum absolute atomic E-state index is 0.0779. The summed E-state index contributed by atoms with van der Waals surface area (Å²) in [4.78, 5) is 12.8. The number of anilines is 1. The number of carbonyl (C=O) groups excluding carboxylic acids is 1. The van der Waals surface area contributed by atoms with Crippen molar-refractivity contribution in [1.82, 2.24) is 5.32 Å². The van der Waals surface area contributed by atoms with Gasteiger partial charge in [0.2, 0.25) is 5.91 Å². The topological polar surface area (TPSA) is 84.9 Å². The van der Waals surface area contributed by atoms with Gasteiger partial charge in [0.25, 0.3) is 10.0 Å². The molecular formula is C25H28N2O5S. The predicted octanol–water partition coefficient (Wildman–Crippen LogP) is 4.00. The molecule has 3 rings (SSSR count). The van der Waals surface area contributed by atoms with E-state index in [4.69, 9.17) is 9.47 Å². The fourth-order valence-corrected chi connectivity index (χ4v) is 4.59. The van der Waals surface area contributed by atoms with Gasteiger partial charge in [0.1, 0.15) is 18.0 Å². The zero-order chi connectivity index (χ0) is 23.7. The molecule has 8 heteroatoms. The summed E-state index contributed by atoms with van der Waals surface area (Å²) in [6.07, 6.45) is 0. The van der Waals surface area contributed by atoms with Gasteiger partial charge >= 0.3 is 0 Å². The number of nitrogens with one attached hydrogen (secondary N) is 1. The van der Waals surface area contributed by atoms with Gasteiger partial charge in [0, 0.05) is 6.54 Å². The van der Waals surface area contributed by atoms with Crippen LogP contribution in [0.3, 0.4) is 0 Å². The summed E-state index contributed by atoms with van der Waals surface area (Å²) >= 11 is 0. The highest BCUT2D eigenvalue weighted by Gasteiger charge is 2.27. The Kier molecular flexibility index (Phi) is 8.32. The molecule has 0 heterocycles. The molecule has 1 N–H and O–H groups in total. The molecule has 0 aromatic heterocycles. The van der Waals surface area contributed by atoms with E-state index in [2.05, 4.69) is 5.32 Å². The van der Waals surface area contributed by atoms with E-state index in [1.165, 1.54) is 12.1 Å². The number of rotatable bonds is 11. The molecule has 0 unspecified atom stereocenters. The summed E-state index contributed by atoms with van der Waals surface area (Å²) in [7, 11) is -3.98. The molecule has 0 aliphatic rings. The highest BCUT2D eigenvalue weighted by molar-refractivity contribution is 7.92. The van der Waals surface area contributed by atoms with Crippen molar-refractivity contribution in [1.29, 1.82) is 0 Å². The van der Waals surface area contributed by atoms with Gasteiger partial charge in [0.05, 0.1) is 23.8 Å². The average Bonchev–Trinajstić information content (AvgIpc) is 2.83. The highest BCUT2D eigenvalue weighted by Crippen LogP contribution is 2.25. The van der Waals surface area contributed by atoms with Crippen LogP contribution < -0.4 is 19.1 Å². The highest BCUT2D eigenvalue weighted by atomic mass is 32.2. The van der Waals surface area contributed by atoms with E-state index < -0.39 is 15.9 Å². The lowest BCUT2D eigenvalue weighted by molar-refractivity contribution is -0.119. The van der Waals surface area contributed by atoms with Crippen molar-refractivity contribution in [2.24, 2.45) is 0 Å². The number of carbonyl (C=O) groups is 1. The summed E-state index contributed by atoms with van der Waals surface area (Å²) < 4.78 is 38.7.